The first-order valence-electron chi connectivity index (χ1n) is 3.55. The summed E-state index contributed by atoms with van der Waals surface area (Å²) in [5, 5.41) is 2.97. The van der Waals surface area contributed by atoms with Crippen molar-refractivity contribution in [3.8, 4) is 0 Å². The van der Waals surface area contributed by atoms with Crippen LogP contribution >= 0.6 is 0 Å². The molecule has 1 aliphatic heterocycles. The summed E-state index contributed by atoms with van der Waals surface area (Å²) in [5.74, 6) is -0.108. The second-order valence-electron chi connectivity index (χ2n) is 2.53. The first kappa shape index (κ1) is 6.40. The summed E-state index contributed by atoms with van der Waals surface area (Å²) in [5.41, 5.74) is 1.94. The van der Waals surface area contributed by atoms with Gasteiger partial charge in [-0.3, -0.25) is 0 Å². The highest BCUT2D eigenvalue weighted by Crippen LogP contribution is 2.22. The van der Waals surface area contributed by atoms with Gasteiger partial charge in [-0.2, -0.15) is 0 Å². The molecule has 0 spiro atoms. The molecule has 1 heterocycles. The minimum absolute atomic E-state index is 0.108. The molecule has 0 aliphatic carbocycles. The first-order chi connectivity index (χ1) is 5.36. The summed E-state index contributed by atoms with van der Waals surface area (Å²) >= 11 is 0. The van der Waals surface area contributed by atoms with Gasteiger partial charge >= 0.3 is 0 Å². The molecule has 1 nitrogen and oxygen atoms in total. The van der Waals surface area contributed by atoms with E-state index in [4.69, 9.17) is 0 Å². The maximum atomic E-state index is 12.7. The van der Waals surface area contributed by atoms with Gasteiger partial charge < -0.3 is 5.32 Å². The van der Waals surface area contributed by atoms with Crippen LogP contribution < -0.4 is 5.32 Å². The number of benzene rings is 1. The van der Waals surface area contributed by atoms with Crippen molar-refractivity contribution in [3.63, 3.8) is 0 Å². The van der Waals surface area contributed by atoms with Crippen LogP contribution in [0.15, 0.2) is 30.1 Å². The van der Waals surface area contributed by atoms with Gasteiger partial charge in [0.15, 0.2) is 0 Å². The van der Waals surface area contributed by atoms with Crippen LogP contribution in [0.1, 0.15) is 5.56 Å². The van der Waals surface area contributed by atoms with E-state index in [1.54, 1.807) is 6.08 Å². The summed E-state index contributed by atoms with van der Waals surface area (Å²) in [6.07, 6.45) is 1.56. The molecule has 0 aromatic heterocycles. The van der Waals surface area contributed by atoms with Crippen LogP contribution in [0.3, 0.4) is 0 Å². The minimum atomic E-state index is -0.108. The number of anilines is 1. The zero-order valence-corrected chi connectivity index (χ0v) is 5.97. The fourth-order valence-electron chi connectivity index (χ4n) is 1.18. The molecule has 0 unspecified atom stereocenters. The number of rotatable bonds is 0. The zero-order chi connectivity index (χ0) is 7.68. The third-order valence-electron chi connectivity index (χ3n) is 1.72. The van der Waals surface area contributed by atoms with E-state index in [2.05, 4.69) is 5.32 Å². The number of hydrogen-bond donors (Lipinski definition) is 1. The van der Waals surface area contributed by atoms with E-state index in [9.17, 15) is 4.39 Å². The Morgan fingerprint density at radius 2 is 2.09 bits per heavy atom. The first-order valence-corrected chi connectivity index (χ1v) is 3.55. The number of hydrogen-bond acceptors (Lipinski definition) is 1. The SMILES string of the molecule is FC1=Cc2ccccc2NC1. The highest BCUT2D eigenvalue weighted by atomic mass is 19.1. The van der Waals surface area contributed by atoms with Gasteiger partial charge in [-0.15, -0.1) is 0 Å². The molecule has 0 amide bonds. The molecule has 1 aromatic rings. The third kappa shape index (κ3) is 1.11. The Hall–Kier alpha value is -1.31. The van der Waals surface area contributed by atoms with Gasteiger partial charge in [0.1, 0.15) is 5.83 Å². The van der Waals surface area contributed by atoms with Gasteiger partial charge in [-0.25, -0.2) is 4.39 Å². The summed E-state index contributed by atoms with van der Waals surface area (Å²) in [4.78, 5) is 0. The molecule has 2 rings (SSSR count). The third-order valence-corrected chi connectivity index (χ3v) is 1.72. The molecular weight excluding hydrogens is 141 g/mol. The van der Waals surface area contributed by atoms with Crippen molar-refractivity contribution < 1.29 is 4.39 Å². The smallest absolute Gasteiger partial charge is 0.120 e. The van der Waals surface area contributed by atoms with Crippen molar-refractivity contribution in [2.24, 2.45) is 0 Å². The Kier molecular flexibility index (Phi) is 1.39. The highest BCUT2D eigenvalue weighted by molar-refractivity contribution is 5.70. The Labute approximate surface area is 64.5 Å². The van der Waals surface area contributed by atoms with Crippen molar-refractivity contribution in [1.29, 1.82) is 0 Å². The van der Waals surface area contributed by atoms with E-state index in [0.29, 0.717) is 6.54 Å². The summed E-state index contributed by atoms with van der Waals surface area (Å²) < 4.78 is 12.7. The molecule has 1 N–H and O–H groups in total. The highest BCUT2D eigenvalue weighted by Gasteiger charge is 2.06. The van der Waals surface area contributed by atoms with E-state index >= 15 is 0 Å². The van der Waals surface area contributed by atoms with Crippen molar-refractivity contribution in [3.05, 3.63) is 35.7 Å². The maximum absolute atomic E-state index is 12.7. The number of nitrogens with one attached hydrogen (secondary N) is 1. The number of fused-ring (bicyclic) bond motifs is 1. The molecule has 56 valence electrons. The fourth-order valence-corrected chi connectivity index (χ4v) is 1.18. The van der Waals surface area contributed by atoms with Crippen LogP contribution in [0.2, 0.25) is 0 Å². The van der Waals surface area contributed by atoms with E-state index in [1.807, 2.05) is 24.3 Å². The molecule has 0 fully saturated rings. The molecule has 0 saturated carbocycles. The van der Waals surface area contributed by atoms with Crippen LogP contribution in [-0.2, 0) is 0 Å². The Bertz CT molecular complexity index is 304. The molecule has 1 aromatic carbocycles. The lowest BCUT2D eigenvalue weighted by atomic mass is 10.1. The monoisotopic (exact) mass is 149 g/mol. The van der Waals surface area contributed by atoms with Crippen LogP contribution in [0.4, 0.5) is 10.1 Å². The molecule has 2 heteroatoms. The number of halogens is 1. The second kappa shape index (κ2) is 2.38. The minimum Gasteiger partial charge on any atom is -0.378 e. The Morgan fingerprint density at radius 1 is 1.27 bits per heavy atom. The number of para-hydroxylation sites is 1. The van der Waals surface area contributed by atoms with Crippen LogP contribution in [-0.4, -0.2) is 6.54 Å². The predicted molar refractivity (Wildman–Crippen MR) is 44.0 cm³/mol. The zero-order valence-electron chi connectivity index (χ0n) is 5.97. The predicted octanol–water partition coefficient (Wildman–Crippen LogP) is 2.42. The van der Waals surface area contributed by atoms with Crippen molar-refractivity contribution in [1.82, 2.24) is 0 Å². The van der Waals surface area contributed by atoms with Gasteiger partial charge in [0.05, 0.1) is 6.54 Å². The van der Waals surface area contributed by atoms with Gasteiger partial charge in [0.25, 0.3) is 0 Å². The Balaban J connectivity index is 2.51. The maximum Gasteiger partial charge on any atom is 0.120 e. The topological polar surface area (TPSA) is 12.0 Å². The molecule has 0 atom stereocenters. The summed E-state index contributed by atoms with van der Waals surface area (Å²) in [6, 6.07) is 7.66. The van der Waals surface area contributed by atoms with E-state index in [1.165, 1.54) is 0 Å². The molecule has 0 saturated heterocycles. The lowest BCUT2D eigenvalue weighted by Crippen LogP contribution is -2.07. The van der Waals surface area contributed by atoms with Gasteiger partial charge in [0.2, 0.25) is 0 Å². The van der Waals surface area contributed by atoms with Gasteiger partial charge in [-0.05, 0) is 12.1 Å². The standard InChI is InChI=1S/C9H8FN/c10-8-5-7-3-1-2-4-9(7)11-6-8/h1-5,11H,6H2. The molecule has 0 bridgehead atoms. The average molecular weight is 149 g/mol. The lowest BCUT2D eigenvalue weighted by Gasteiger charge is -2.13. The lowest BCUT2D eigenvalue weighted by molar-refractivity contribution is 0.632. The van der Waals surface area contributed by atoms with Crippen molar-refractivity contribution in [2.75, 3.05) is 11.9 Å². The second-order valence-corrected chi connectivity index (χ2v) is 2.53. The molecular formula is C9H8FN. The average Bonchev–Trinajstić information content (AvgIpc) is 2.04. The molecule has 11 heavy (non-hydrogen) atoms. The van der Waals surface area contributed by atoms with Gasteiger partial charge in [0, 0.05) is 11.3 Å². The van der Waals surface area contributed by atoms with Gasteiger partial charge in [-0.1, -0.05) is 18.2 Å². The summed E-state index contributed by atoms with van der Waals surface area (Å²) in [7, 11) is 0. The fraction of sp³-hybridized carbons (Fsp3) is 0.111. The van der Waals surface area contributed by atoms with Crippen LogP contribution in [0.25, 0.3) is 6.08 Å². The van der Waals surface area contributed by atoms with E-state index in [0.717, 1.165) is 11.3 Å². The van der Waals surface area contributed by atoms with Crippen molar-refractivity contribution in [2.45, 2.75) is 0 Å². The largest absolute Gasteiger partial charge is 0.378 e. The normalized spacial score (nSPS) is 14.8. The quantitative estimate of drug-likeness (QED) is 0.597. The van der Waals surface area contributed by atoms with E-state index < -0.39 is 0 Å². The molecule has 0 radical (unpaired) electrons. The molecule has 1 aliphatic rings. The van der Waals surface area contributed by atoms with Crippen LogP contribution in [0, 0.1) is 0 Å². The van der Waals surface area contributed by atoms with Crippen molar-refractivity contribution >= 4 is 11.8 Å². The van der Waals surface area contributed by atoms with E-state index in [-0.39, 0.29) is 5.83 Å². The Morgan fingerprint density at radius 3 is 3.00 bits per heavy atom. The van der Waals surface area contributed by atoms with Crippen LogP contribution in [0.5, 0.6) is 0 Å². The summed E-state index contributed by atoms with van der Waals surface area (Å²) in [6.45, 7) is 0.316.